The van der Waals surface area contributed by atoms with Gasteiger partial charge in [0.05, 0.1) is 16.2 Å². The zero-order valence-electron chi connectivity index (χ0n) is 19.1. The minimum atomic E-state index is -0.343. The van der Waals surface area contributed by atoms with Crippen molar-refractivity contribution in [1.29, 1.82) is 0 Å². The molecule has 1 saturated heterocycles. The number of benzene rings is 2. The van der Waals surface area contributed by atoms with Crippen LogP contribution in [0.25, 0.3) is 5.57 Å². The van der Waals surface area contributed by atoms with E-state index in [0.717, 1.165) is 42.5 Å². The third-order valence-corrected chi connectivity index (χ3v) is 8.01. The number of hydrogen-bond acceptors (Lipinski definition) is 5. The summed E-state index contributed by atoms with van der Waals surface area (Å²) < 4.78 is 0.510. The maximum absolute atomic E-state index is 13.6. The average Bonchev–Trinajstić information content (AvgIpc) is 3.49. The molecule has 2 aromatic rings. The summed E-state index contributed by atoms with van der Waals surface area (Å²) in [5.41, 5.74) is 4.35. The predicted molar refractivity (Wildman–Crippen MR) is 140 cm³/mol. The molecule has 0 radical (unpaired) electrons. The molecule has 8 heteroatoms. The molecule has 0 spiro atoms. The summed E-state index contributed by atoms with van der Waals surface area (Å²) in [7, 11) is 0. The van der Waals surface area contributed by atoms with E-state index in [4.69, 9.17) is 12.2 Å². The molecular formula is C26H25N3O3S2. The first-order valence-electron chi connectivity index (χ1n) is 11.4. The van der Waals surface area contributed by atoms with Gasteiger partial charge in [0, 0.05) is 17.3 Å². The van der Waals surface area contributed by atoms with E-state index >= 15 is 0 Å². The first kappa shape index (κ1) is 22.8. The number of nitrogens with zero attached hydrogens (tertiary/aromatic N) is 2. The highest BCUT2D eigenvalue weighted by atomic mass is 32.2. The summed E-state index contributed by atoms with van der Waals surface area (Å²) in [5.74, 6) is -0.831. The van der Waals surface area contributed by atoms with Gasteiger partial charge in [-0.05, 0) is 49.9 Å². The summed E-state index contributed by atoms with van der Waals surface area (Å²) in [5, 5.41) is 2.92. The number of aryl methyl sites for hydroxylation is 2. The van der Waals surface area contributed by atoms with Crippen LogP contribution >= 0.6 is 24.0 Å². The summed E-state index contributed by atoms with van der Waals surface area (Å²) in [6.45, 7) is 3.74. The Balaban J connectivity index is 1.45. The van der Waals surface area contributed by atoms with Gasteiger partial charge in [-0.15, -0.1) is 0 Å². The Morgan fingerprint density at radius 2 is 1.82 bits per heavy atom. The van der Waals surface area contributed by atoms with E-state index in [1.165, 1.54) is 16.7 Å². The summed E-state index contributed by atoms with van der Waals surface area (Å²) in [6, 6.07) is 13.3. The SMILES string of the molecule is Cc1ccc(C)c(NC(=O)CN2C(=O)/C(=C3\SC(=S)N(C4CCCC4)C3=O)c3ccccc32)c1. The van der Waals surface area contributed by atoms with Gasteiger partial charge in [-0.1, -0.05) is 67.2 Å². The fourth-order valence-electron chi connectivity index (χ4n) is 4.87. The van der Waals surface area contributed by atoms with Crippen molar-refractivity contribution in [2.24, 2.45) is 0 Å². The molecule has 2 fully saturated rings. The van der Waals surface area contributed by atoms with Crippen LogP contribution in [-0.2, 0) is 14.4 Å². The molecular weight excluding hydrogens is 466 g/mol. The van der Waals surface area contributed by atoms with Crippen molar-refractivity contribution < 1.29 is 14.4 Å². The lowest BCUT2D eigenvalue weighted by Gasteiger charge is -2.22. The van der Waals surface area contributed by atoms with Crippen molar-refractivity contribution in [3.05, 3.63) is 64.1 Å². The molecule has 2 aliphatic heterocycles. The molecule has 0 unspecified atom stereocenters. The normalized spacial score (nSPS) is 20.5. The highest BCUT2D eigenvalue weighted by Crippen LogP contribution is 2.46. The monoisotopic (exact) mass is 491 g/mol. The van der Waals surface area contributed by atoms with E-state index in [9.17, 15) is 14.4 Å². The third-order valence-electron chi connectivity index (χ3n) is 6.61. The zero-order valence-corrected chi connectivity index (χ0v) is 20.7. The first-order chi connectivity index (χ1) is 16.3. The van der Waals surface area contributed by atoms with Gasteiger partial charge in [0.1, 0.15) is 10.9 Å². The first-order valence-corrected chi connectivity index (χ1v) is 12.7. The third kappa shape index (κ3) is 3.95. The molecule has 34 heavy (non-hydrogen) atoms. The van der Waals surface area contributed by atoms with Crippen LogP contribution in [-0.4, -0.2) is 39.5 Å². The van der Waals surface area contributed by atoms with E-state index in [-0.39, 0.29) is 30.3 Å². The molecule has 3 aliphatic rings. The summed E-state index contributed by atoms with van der Waals surface area (Å²) >= 11 is 6.74. The van der Waals surface area contributed by atoms with Crippen LogP contribution in [0.4, 0.5) is 11.4 Å². The maximum atomic E-state index is 13.6. The number of anilines is 2. The fraction of sp³-hybridized carbons (Fsp3) is 0.308. The van der Waals surface area contributed by atoms with Crippen LogP contribution in [0.15, 0.2) is 47.4 Å². The molecule has 1 aliphatic carbocycles. The topological polar surface area (TPSA) is 69.7 Å². The van der Waals surface area contributed by atoms with Crippen LogP contribution in [0.1, 0.15) is 42.4 Å². The Bertz CT molecular complexity index is 1260. The lowest BCUT2D eigenvalue weighted by atomic mass is 10.1. The van der Waals surface area contributed by atoms with Gasteiger partial charge in [0.2, 0.25) is 5.91 Å². The van der Waals surface area contributed by atoms with Gasteiger partial charge in [0.25, 0.3) is 11.8 Å². The lowest BCUT2D eigenvalue weighted by Crippen LogP contribution is -2.37. The number of thioether (sulfide) groups is 1. The molecule has 3 amide bonds. The maximum Gasteiger partial charge on any atom is 0.267 e. The van der Waals surface area contributed by atoms with E-state index in [1.54, 1.807) is 4.90 Å². The van der Waals surface area contributed by atoms with Crippen molar-refractivity contribution in [2.45, 2.75) is 45.6 Å². The minimum Gasteiger partial charge on any atom is -0.324 e. The smallest absolute Gasteiger partial charge is 0.267 e. The van der Waals surface area contributed by atoms with Crippen LogP contribution in [0, 0.1) is 13.8 Å². The van der Waals surface area contributed by atoms with Crippen molar-refractivity contribution in [1.82, 2.24) is 4.90 Å². The second kappa shape index (κ2) is 9.00. The van der Waals surface area contributed by atoms with Crippen LogP contribution in [0.2, 0.25) is 0 Å². The fourth-order valence-corrected chi connectivity index (χ4v) is 6.34. The Hall–Kier alpha value is -2.97. The number of fused-ring (bicyclic) bond motifs is 1. The standard InChI is InChI=1S/C26H25N3O3S2/c1-15-11-12-16(2)19(13-15)27-21(30)14-28-20-10-6-5-9-18(20)22(24(28)31)23-25(32)29(26(33)34-23)17-7-3-4-8-17/h5-6,9-13,17H,3-4,7-8,14H2,1-2H3,(H,27,30)/b23-22-. The molecule has 2 aromatic carbocycles. The molecule has 0 atom stereocenters. The second-order valence-electron chi connectivity index (χ2n) is 8.96. The zero-order chi connectivity index (χ0) is 24.0. The highest BCUT2D eigenvalue weighted by molar-refractivity contribution is 8.26. The van der Waals surface area contributed by atoms with Gasteiger partial charge in [-0.3, -0.25) is 24.2 Å². The molecule has 5 rings (SSSR count). The quantitative estimate of drug-likeness (QED) is 0.491. The number of amides is 3. The van der Waals surface area contributed by atoms with Crippen LogP contribution < -0.4 is 10.2 Å². The van der Waals surface area contributed by atoms with Gasteiger partial charge in [-0.2, -0.15) is 0 Å². The van der Waals surface area contributed by atoms with Crippen molar-refractivity contribution in [3.63, 3.8) is 0 Å². The molecule has 1 saturated carbocycles. The van der Waals surface area contributed by atoms with E-state index in [2.05, 4.69) is 5.32 Å². The molecule has 0 aromatic heterocycles. The van der Waals surface area contributed by atoms with E-state index < -0.39 is 0 Å². The van der Waals surface area contributed by atoms with E-state index in [0.29, 0.717) is 26.0 Å². The number of para-hydroxylation sites is 1. The number of thiocarbonyl (C=S) groups is 1. The Kier molecular flexibility index (Phi) is 6.04. The van der Waals surface area contributed by atoms with Crippen molar-refractivity contribution in [3.8, 4) is 0 Å². The Morgan fingerprint density at radius 1 is 1.09 bits per heavy atom. The molecule has 6 nitrogen and oxygen atoms in total. The Labute approximate surface area is 208 Å². The highest BCUT2D eigenvalue weighted by Gasteiger charge is 2.44. The molecule has 0 bridgehead atoms. The summed E-state index contributed by atoms with van der Waals surface area (Å²) in [6.07, 6.45) is 4.03. The average molecular weight is 492 g/mol. The van der Waals surface area contributed by atoms with Crippen LogP contribution in [0.5, 0.6) is 0 Å². The molecule has 2 heterocycles. The van der Waals surface area contributed by atoms with Gasteiger partial charge in [-0.25, -0.2) is 0 Å². The number of carbonyl (C=O) groups is 3. The lowest BCUT2D eigenvalue weighted by molar-refractivity contribution is -0.123. The van der Waals surface area contributed by atoms with Crippen LogP contribution in [0.3, 0.4) is 0 Å². The molecule has 174 valence electrons. The van der Waals surface area contributed by atoms with Gasteiger partial charge >= 0.3 is 0 Å². The predicted octanol–water partition coefficient (Wildman–Crippen LogP) is 4.80. The summed E-state index contributed by atoms with van der Waals surface area (Å²) in [4.78, 5) is 43.4. The van der Waals surface area contributed by atoms with E-state index in [1.807, 2.05) is 56.3 Å². The molecule has 1 N–H and O–H groups in total. The number of carbonyl (C=O) groups excluding carboxylic acids is 3. The number of nitrogens with one attached hydrogen (secondary N) is 1. The second-order valence-corrected chi connectivity index (χ2v) is 10.6. The number of rotatable bonds is 4. The van der Waals surface area contributed by atoms with Gasteiger partial charge < -0.3 is 5.32 Å². The minimum absolute atomic E-state index is 0.108. The largest absolute Gasteiger partial charge is 0.324 e. The number of hydrogen-bond donors (Lipinski definition) is 1. The van der Waals surface area contributed by atoms with Gasteiger partial charge in [0.15, 0.2) is 0 Å². The van der Waals surface area contributed by atoms with Crippen molar-refractivity contribution >= 4 is 63.0 Å². The Morgan fingerprint density at radius 3 is 2.59 bits per heavy atom. The van der Waals surface area contributed by atoms with Crippen molar-refractivity contribution in [2.75, 3.05) is 16.8 Å².